The van der Waals surface area contributed by atoms with Crippen LogP contribution in [0.25, 0.3) is 11.1 Å². The Balaban J connectivity index is 1.56. The van der Waals surface area contributed by atoms with Crippen LogP contribution in [-0.2, 0) is 0 Å². The van der Waals surface area contributed by atoms with E-state index in [0.717, 1.165) is 30.3 Å². The number of rotatable bonds is 9. The quantitative estimate of drug-likeness (QED) is 0.394. The van der Waals surface area contributed by atoms with Crippen LogP contribution in [-0.4, -0.2) is 6.61 Å². The number of benzene rings is 2. The Kier molecular flexibility index (Phi) is 8.08. The third-order valence-electron chi connectivity index (χ3n) is 5.76. The minimum atomic E-state index is 0.706. The van der Waals surface area contributed by atoms with Gasteiger partial charge in [-0.1, -0.05) is 93.8 Å². The first-order chi connectivity index (χ1) is 13.3. The van der Waals surface area contributed by atoms with Crippen molar-refractivity contribution in [2.24, 2.45) is 0 Å². The number of hydrogen-bond donors (Lipinski definition) is 0. The second kappa shape index (κ2) is 10.8. The summed E-state index contributed by atoms with van der Waals surface area (Å²) >= 11 is 6.47. The molecule has 2 heteroatoms. The summed E-state index contributed by atoms with van der Waals surface area (Å²) in [5.74, 6) is 1.55. The fourth-order valence-electron chi connectivity index (χ4n) is 4.07. The molecular weight excluding hydrogens is 352 g/mol. The average molecular weight is 385 g/mol. The molecule has 0 spiro atoms. The summed E-state index contributed by atoms with van der Waals surface area (Å²) < 4.78 is 5.87. The van der Waals surface area contributed by atoms with Gasteiger partial charge in [0.25, 0.3) is 0 Å². The topological polar surface area (TPSA) is 9.23 Å². The molecule has 146 valence electrons. The van der Waals surface area contributed by atoms with Gasteiger partial charge in [-0.15, -0.1) is 0 Å². The molecule has 0 unspecified atom stereocenters. The average Bonchev–Trinajstić information content (AvgIpc) is 2.72. The fraction of sp³-hybridized carbons (Fsp3) is 0.520. The third-order valence-corrected chi connectivity index (χ3v) is 6.05. The van der Waals surface area contributed by atoms with Gasteiger partial charge in [0.1, 0.15) is 5.75 Å². The van der Waals surface area contributed by atoms with Gasteiger partial charge in [-0.05, 0) is 54.0 Å². The molecule has 0 aliphatic heterocycles. The SMILES string of the molecule is CCCCCCCOc1ccc(-c2ccc(C3CCCCC3)cc2)cc1Cl. The van der Waals surface area contributed by atoms with Crippen molar-refractivity contribution in [1.82, 2.24) is 0 Å². The van der Waals surface area contributed by atoms with Crippen LogP contribution >= 0.6 is 11.6 Å². The van der Waals surface area contributed by atoms with Crippen LogP contribution in [0.3, 0.4) is 0 Å². The van der Waals surface area contributed by atoms with Crippen molar-refractivity contribution in [3.63, 3.8) is 0 Å². The molecule has 0 atom stereocenters. The molecule has 1 aliphatic rings. The van der Waals surface area contributed by atoms with Gasteiger partial charge < -0.3 is 4.74 Å². The van der Waals surface area contributed by atoms with Gasteiger partial charge in [0.15, 0.2) is 0 Å². The van der Waals surface area contributed by atoms with Crippen molar-refractivity contribution >= 4 is 11.6 Å². The maximum absolute atomic E-state index is 6.47. The van der Waals surface area contributed by atoms with Crippen LogP contribution in [0.4, 0.5) is 0 Å². The summed E-state index contributed by atoms with van der Waals surface area (Å²) in [5.41, 5.74) is 3.88. The normalized spacial score (nSPS) is 15.0. The molecule has 1 aliphatic carbocycles. The van der Waals surface area contributed by atoms with Crippen LogP contribution in [0.5, 0.6) is 5.75 Å². The molecule has 0 N–H and O–H groups in total. The first kappa shape index (κ1) is 20.3. The number of ether oxygens (including phenoxy) is 1. The number of unbranched alkanes of at least 4 members (excludes halogenated alkanes) is 4. The molecule has 0 radical (unpaired) electrons. The summed E-state index contributed by atoms with van der Waals surface area (Å²) in [4.78, 5) is 0. The minimum Gasteiger partial charge on any atom is -0.492 e. The molecule has 0 amide bonds. The van der Waals surface area contributed by atoms with Crippen LogP contribution < -0.4 is 4.74 Å². The highest BCUT2D eigenvalue weighted by molar-refractivity contribution is 6.32. The molecule has 1 nitrogen and oxygen atoms in total. The highest BCUT2D eigenvalue weighted by atomic mass is 35.5. The molecular formula is C25H33ClO. The van der Waals surface area contributed by atoms with Gasteiger partial charge in [-0.3, -0.25) is 0 Å². The molecule has 0 saturated heterocycles. The Bertz CT molecular complexity index is 686. The molecule has 2 aromatic carbocycles. The van der Waals surface area contributed by atoms with E-state index in [4.69, 9.17) is 16.3 Å². The second-order valence-corrected chi connectivity index (χ2v) is 8.27. The first-order valence-corrected chi connectivity index (χ1v) is 11.2. The summed E-state index contributed by atoms with van der Waals surface area (Å²) in [6, 6.07) is 15.3. The number of hydrogen-bond acceptors (Lipinski definition) is 1. The van der Waals surface area contributed by atoms with Crippen molar-refractivity contribution in [3.05, 3.63) is 53.1 Å². The zero-order valence-corrected chi connectivity index (χ0v) is 17.4. The lowest BCUT2D eigenvalue weighted by Crippen LogP contribution is -2.04. The lowest BCUT2D eigenvalue weighted by Gasteiger charge is -2.22. The van der Waals surface area contributed by atoms with Gasteiger partial charge in [-0.2, -0.15) is 0 Å². The highest BCUT2D eigenvalue weighted by Gasteiger charge is 2.15. The summed E-state index contributed by atoms with van der Waals surface area (Å²) in [6.45, 7) is 2.99. The Morgan fingerprint density at radius 2 is 1.56 bits per heavy atom. The Morgan fingerprint density at radius 3 is 2.26 bits per heavy atom. The molecule has 27 heavy (non-hydrogen) atoms. The third kappa shape index (κ3) is 6.01. The second-order valence-electron chi connectivity index (χ2n) is 7.86. The van der Waals surface area contributed by atoms with Gasteiger partial charge in [0.2, 0.25) is 0 Å². The smallest absolute Gasteiger partial charge is 0.137 e. The molecule has 1 saturated carbocycles. The largest absolute Gasteiger partial charge is 0.492 e. The highest BCUT2D eigenvalue weighted by Crippen LogP contribution is 2.35. The van der Waals surface area contributed by atoms with Gasteiger partial charge in [0.05, 0.1) is 11.6 Å². The Hall–Kier alpha value is -1.47. The standard InChI is InChI=1S/C25H33ClO/c1-2-3-4-5-9-18-27-25-17-16-23(19-24(25)26)22-14-12-21(13-15-22)20-10-7-6-8-11-20/h12-17,19-20H,2-11,18H2,1H3. The van der Waals surface area contributed by atoms with Gasteiger partial charge >= 0.3 is 0 Å². The van der Waals surface area contributed by atoms with Crippen molar-refractivity contribution < 1.29 is 4.74 Å². The molecule has 2 aromatic rings. The van der Waals surface area contributed by atoms with E-state index in [1.807, 2.05) is 12.1 Å². The lowest BCUT2D eigenvalue weighted by atomic mass is 9.84. The zero-order valence-electron chi connectivity index (χ0n) is 16.7. The van der Waals surface area contributed by atoms with Crippen LogP contribution in [0.15, 0.2) is 42.5 Å². The van der Waals surface area contributed by atoms with Gasteiger partial charge in [-0.25, -0.2) is 0 Å². The summed E-state index contributed by atoms with van der Waals surface area (Å²) in [7, 11) is 0. The Morgan fingerprint density at radius 1 is 0.852 bits per heavy atom. The monoisotopic (exact) mass is 384 g/mol. The molecule has 3 rings (SSSR count). The Labute approximate surface area is 170 Å². The maximum Gasteiger partial charge on any atom is 0.137 e. The number of halogens is 1. The van der Waals surface area contributed by atoms with E-state index in [1.54, 1.807) is 0 Å². The van der Waals surface area contributed by atoms with Crippen LogP contribution in [0, 0.1) is 0 Å². The molecule has 0 bridgehead atoms. The predicted molar refractivity (Wildman–Crippen MR) is 117 cm³/mol. The molecule has 1 fully saturated rings. The summed E-state index contributed by atoms with van der Waals surface area (Å²) in [6.07, 6.45) is 13.1. The lowest BCUT2D eigenvalue weighted by molar-refractivity contribution is 0.305. The maximum atomic E-state index is 6.47. The molecule has 0 heterocycles. The van der Waals surface area contributed by atoms with E-state index in [0.29, 0.717) is 5.02 Å². The minimum absolute atomic E-state index is 0.706. The van der Waals surface area contributed by atoms with E-state index < -0.39 is 0 Å². The van der Waals surface area contributed by atoms with E-state index in [2.05, 4.69) is 37.3 Å². The van der Waals surface area contributed by atoms with Crippen molar-refractivity contribution in [1.29, 1.82) is 0 Å². The van der Waals surface area contributed by atoms with E-state index >= 15 is 0 Å². The summed E-state index contributed by atoms with van der Waals surface area (Å²) in [5, 5.41) is 0.706. The van der Waals surface area contributed by atoms with E-state index in [9.17, 15) is 0 Å². The predicted octanol–water partition coefficient (Wildman–Crippen LogP) is 8.40. The van der Waals surface area contributed by atoms with Gasteiger partial charge in [0, 0.05) is 0 Å². The van der Waals surface area contributed by atoms with Crippen LogP contribution in [0.1, 0.15) is 82.6 Å². The first-order valence-electron chi connectivity index (χ1n) is 10.8. The van der Waals surface area contributed by atoms with E-state index in [-0.39, 0.29) is 0 Å². The van der Waals surface area contributed by atoms with E-state index in [1.165, 1.54) is 68.9 Å². The fourth-order valence-corrected chi connectivity index (χ4v) is 4.30. The zero-order chi connectivity index (χ0) is 18.9. The van der Waals surface area contributed by atoms with Crippen molar-refractivity contribution in [3.8, 4) is 16.9 Å². The van der Waals surface area contributed by atoms with Crippen molar-refractivity contribution in [2.75, 3.05) is 6.61 Å². The van der Waals surface area contributed by atoms with Crippen molar-refractivity contribution in [2.45, 2.75) is 77.0 Å². The molecule has 0 aromatic heterocycles. The van der Waals surface area contributed by atoms with Crippen LogP contribution in [0.2, 0.25) is 5.02 Å².